The SMILES string of the molecule is O=C(NCc1cccnc1)[C@@H]1[C@H]2C=C[C@@]3(CN(C4CCCC4)C(=O)[C@@H]13)O2. The number of amides is 2. The molecule has 136 valence electrons. The van der Waals surface area contributed by atoms with Crippen LogP contribution in [0.2, 0.25) is 0 Å². The van der Waals surface area contributed by atoms with Gasteiger partial charge in [0.25, 0.3) is 0 Å². The Bertz CT molecular complexity index is 759. The molecule has 4 atom stereocenters. The van der Waals surface area contributed by atoms with E-state index in [0.29, 0.717) is 19.1 Å². The number of rotatable bonds is 4. The fraction of sp³-hybridized carbons (Fsp3) is 0.550. The molecule has 4 heterocycles. The first kappa shape index (κ1) is 16.0. The van der Waals surface area contributed by atoms with Gasteiger partial charge in [-0.3, -0.25) is 14.6 Å². The highest BCUT2D eigenvalue weighted by molar-refractivity contribution is 5.93. The van der Waals surface area contributed by atoms with E-state index in [0.717, 1.165) is 18.4 Å². The number of nitrogens with one attached hydrogen (secondary N) is 1. The minimum absolute atomic E-state index is 0.100. The molecule has 1 aromatic heterocycles. The molecule has 2 amide bonds. The second-order valence-electron chi connectivity index (χ2n) is 7.88. The van der Waals surface area contributed by atoms with E-state index in [-0.39, 0.29) is 23.8 Å². The Morgan fingerprint density at radius 2 is 2.23 bits per heavy atom. The lowest BCUT2D eigenvalue weighted by atomic mass is 9.77. The smallest absolute Gasteiger partial charge is 0.230 e. The van der Waals surface area contributed by atoms with Gasteiger partial charge in [0, 0.05) is 25.0 Å². The molecule has 6 heteroatoms. The van der Waals surface area contributed by atoms with E-state index in [9.17, 15) is 9.59 Å². The van der Waals surface area contributed by atoms with Gasteiger partial charge in [-0.2, -0.15) is 0 Å². The molecule has 1 aliphatic carbocycles. The quantitative estimate of drug-likeness (QED) is 0.831. The number of likely N-dealkylation sites (tertiary alicyclic amines) is 1. The summed E-state index contributed by atoms with van der Waals surface area (Å²) in [4.78, 5) is 32.1. The van der Waals surface area contributed by atoms with Gasteiger partial charge in [-0.25, -0.2) is 0 Å². The molecule has 26 heavy (non-hydrogen) atoms. The molecule has 4 aliphatic rings. The molecule has 2 saturated heterocycles. The summed E-state index contributed by atoms with van der Waals surface area (Å²) >= 11 is 0. The third kappa shape index (κ3) is 2.31. The van der Waals surface area contributed by atoms with Gasteiger partial charge in [0.1, 0.15) is 5.60 Å². The number of nitrogens with zero attached hydrogens (tertiary/aromatic N) is 2. The lowest BCUT2D eigenvalue weighted by molar-refractivity contribution is -0.138. The average Bonchev–Trinajstić information content (AvgIpc) is 3.42. The van der Waals surface area contributed by atoms with E-state index in [2.05, 4.69) is 10.3 Å². The normalized spacial score (nSPS) is 35.3. The van der Waals surface area contributed by atoms with Crippen LogP contribution in [0.4, 0.5) is 0 Å². The summed E-state index contributed by atoms with van der Waals surface area (Å²) in [5.41, 5.74) is 0.348. The Balaban J connectivity index is 1.34. The van der Waals surface area contributed by atoms with Crippen LogP contribution in [0, 0.1) is 11.8 Å². The zero-order valence-electron chi connectivity index (χ0n) is 14.6. The number of carbonyl (C=O) groups is 2. The van der Waals surface area contributed by atoms with Crippen LogP contribution in [-0.4, -0.2) is 46.0 Å². The maximum atomic E-state index is 13.2. The van der Waals surface area contributed by atoms with Crippen LogP contribution < -0.4 is 5.32 Å². The van der Waals surface area contributed by atoms with E-state index < -0.39 is 11.5 Å². The van der Waals surface area contributed by atoms with Crippen molar-refractivity contribution in [2.45, 2.75) is 50.0 Å². The molecule has 0 radical (unpaired) electrons. The van der Waals surface area contributed by atoms with Gasteiger partial charge in [0.2, 0.25) is 11.8 Å². The zero-order chi connectivity index (χ0) is 17.7. The van der Waals surface area contributed by atoms with Crippen LogP contribution in [0.15, 0.2) is 36.7 Å². The van der Waals surface area contributed by atoms with Crippen LogP contribution >= 0.6 is 0 Å². The maximum absolute atomic E-state index is 13.2. The summed E-state index contributed by atoms with van der Waals surface area (Å²) in [5.74, 6) is -0.815. The fourth-order valence-electron chi connectivity index (χ4n) is 5.16. The van der Waals surface area contributed by atoms with Crippen LogP contribution in [0.1, 0.15) is 31.2 Å². The Labute approximate surface area is 152 Å². The lowest BCUT2D eigenvalue weighted by Crippen LogP contribution is -2.44. The number of pyridine rings is 1. The Morgan fingerprint density at radius 1 is 1.38 bits per heavy atom. The number of ether oxygens (including phenoxy) is 1. The second-order valence-corrected chi connectivity index (χ2v) is 7.88. The van der Waals surface area contributed by atoms with Crippen molar-refractivity contribution in [1.29, 1.82) is 0 Å². The van der Waals surface area contributed by atoms with Crippen molar-refractivity contribution in [3.05, 3.63) is 42.2 Å². The number of hydrogen-bond acceptors (Lipinski definition) is 4. The first-order valence-electron chi connectivity index (χ1n) is 9.52. The Hall–Kier alpha value is -2.21. The van der Waals surface area contributed by atoms with Gasteiger partial charge in [-0.1, -0.05) is 31.1 Å². The summed E-state index contributed by atoms with van der Waals surface area (Å²) in [6, 6.07) is 4.09. The third-order valence-electron chi connectivity index (χ3n) is 6.39. The third-order valence-corrected chi connectivity index (χ3v) is 6.39. The first-order chi connectivity index (χ1) is 12.7. The average molecular weight is 353 g/mol. The van der Waals surface area contributed by atoms with Crippen molar-refractivity contribution in [1.82, 2.24) is 15.2 Å². The molecule has 1 N–H and O–H groups in total. The van der Waals surface area contributed by atoms with Gasteiger partial charge >= 0.3 is 0 Å². The van der Waals surface area contributed by atoms with Crippen molar-refractivity contribution in [2.75, 3.05) is 6.54 Å². The highest BCUT2D eigenvalue weighted by Gasteiger charge is 2.67. The van der Waals surface area contributed by atoms with Crippen LogP contribution in [-0.2, 0) is 20.9 Å². The monoisotopic (exact) mass is 353 g/mol. The Kier molecular flexibility index (Phi) is 3.64. The molecule has 3 fully saturated rings. The highest BCUT2D eigenvalue weighted by atomic mass is 16.5. The van der Waals surface area contributed by atoms with E-state index in [1.165, 1.54) is 12.8 Å². The molecule has 2 bridgehead atoms. The molecule has 6 nitrogen and oxygen atoms in total. The van der Waals surface area contributed by atoms with Gasteiger partial charge in [0.05, 0.1) is 24.5 Å². The van der Waals surface area contributed by atoms with E-state index in [1.54, 1.807) is 12.4 Å². The minimum atomic E-state index is -0.597. The van der Waals surface area contributed by atoms with Gasteiger partial charge in [-0.15, -0.1) is 0 Å². The predicted octanol–water partition coefficient (Wildman–Crippen LogP) is 1.42. The summed E-state index contributed by atoms with van der Waals surface area (Å²) in [6.45, 7) is 1.01. The highest BCUT2D eigenvalue weighted by Crippen LogP contribution is 2.52. The molecule has 5 rings (SSSR count). The van der Waals surface area contributed by atoms with Crippen LogP contribution in [0.5, 0.6) is 0 Å². The minimum Gasteiger partial charge on any atom is -0.360 e. The molecule has 0 aromatic carbocycles. The molecule has 1 spiro atoms. The maximum Gasteiger partial charge on any atom is 0.230 e. The predicted molar refractivity (Wildman–Crippen MR) is 93.8 cm³/mol. The first-order valence-corrected chi connectivity index (χ1v) is 9.52. The Morgan fingerprint density at radius 3 is 3.00 bits per heavy atom. The summed E-state index contributed by atoms with van der Waals surface area (Å²) < 4.78 is 6.18. The zero-order valence-corrected chi connectivity index (χ0v) is 14.6. The van der Waals surface area contributed by atoms with Gasteiger partial charge < -0.3 is 15.0 Å². The van der Waals surface area contributed by atoms with Crippen molar-refractivity contribution in [2.24, 2.45) is 11.8 Å². The summed E-state index contributed by atoms with van der Waals surface area (Å²) in [6.07, 6.45) is 11.7. The molecule has 3 aliphatic heterocycles. The lowest BCUT2D eigenvalue weighted by Gasteiger charge is -2.27. The molecular formula is C20H23N3O3. The van der Waals surface area contributed by atoms with E-state index in [4.69, 9.17) is 4.74 Å². The van der Waals surface area contributed by atoms with Crippen molar-refractivity contribution in [3.63, 3.8) is 0 Å². The number of hydrogen-bond donors (Lipinski definition) is 1. The largest absolute Gasteiger partial charge is 0.360 e. The fourth-order valence-corrected chi connectivity index (χ4v) is 5.16. The number of carbonyl (C=O) groups excluding carboxylic acids is 2. The number of aromatic nitrogens is 1. The topological polar surface area (TPSA) is 71.5 Å². The summed E-state index contributed by atoms with van der Waals surface area (Å²) in [5, 5.41) is 2.98. The standard InChI is InChI=1S/C20H23N3O3/c24-18(22-11-13-4-3-9-21-10-13)16-15-7-8-20(26-15)12-23(19(25)17(16)20)14-5-1-2-6-14/h3-4,7-10,14-17H,1-2,5-6,11-12H2,(H,22,24)/t15-,16-,17-,20+/m1/s1. The second kappa shape index (κ2) is 5.91. The van der Waals surface area contributed by atoms with Crippen LogP contribution in [0.25, 0.3) is 0 Å². The molecule has 1 saturated carbocycles. The van der Waals surface area contributed by atoms with Gasteiger partial charge in [0.15, 0.2) is 0 Å². The van der Waals surface area contributed by atoms with Crippen LogP contribution in [0.3, 0.4) is 0 Å². The van der Waals surface area contributed by atoms with Gasteiger partial charge in [-0.05, 0) is 24.5 Å². The van der Waals surface area contributed by atoms with Crippen molar-refractivity contribution < 1.29 is 14.3 Å². The molecular weight excluding hydrogens is 330 g/mol. The van der Waals surface area contributed by atoms with Crippen molar-refractivity contribution in [3.8, 4) is 0 Å². The van der Waals surface area contributed by atoms with E-state index >= 15 is 0 Å². The number of fused-ring (bicyclic) bond motifs is 1. The van der Waals surface area contributed by atoms with E-state index in [1.807, 2.05) is 29.2 Å². The summed E-state index contributed by atoms with van der Waals surface area (Å²) in [7, 11) is 0. The van der Waals surface area contributed by atoms with Crippen molar-refractivity contribution >= 4 is 11.8 Å². The molecule has 1 aromatic rings. The molecule has 0 unspecified atom stereocenters.